The lowest BCUT2D eigenvalue weighted by molar-refractivity contribution is -0.385. The number of hydrogen-bond acceptors (Lipinski definition) is 8. The largest absolute Gasteiger partial charge is 0.396 e. The molecular formula is C21H26N4O6S. The number of hydrogen-bond donors (Lipinski definition) is 3. The minimum Gasteiger partial charge on any atom is -0.396 e. The van der Waals surface area contributed by atoms with Crippen LogP contribution in [0.1, 0.15) is 22.3 Å². The Kier molecular flexibility index (Phi) is 7.78. The monoisotopic (exact) mass is 462 g/mol. The van der Waals surface area contributed by atoms with Crippen molar-refractivity contribution >= 4 is 27.1 Å². The Morgan fingerprint density at radius 2 is 1.88 bits per heavy atom. The van der Waals surface area contributed by atoms with E-state index in [2.05, 4.69) is 10.6 Å². The van der Waals surface area contributed by atoms with Gasteiger partial charge in [0.2, 0.25) is 0 Å². The summed E-state index contributed by atoms with van der Waals surface area (Å²) < 4.78 is 26.6. The van der Waals surface area contributed by atoms with Gasteiger partial charge in [-0.05, 0) is 18.1 Å². The Bertz CT molecular complexity index is 1070. The van der Waals surface area contributed by atoms with E-state index in [0.29, 0.717) is 38.2 Å². The number of nitrogens with one attached hydrogen (secondary N) is 2. The van der Waals surface area contributed by atoms with Crippen LogP contribution in [-0.4, -0.2) is 68.6 Å². The third kappa shape index (κ3) is 5.61. The van der Waals surface area contributed by atoms with E-state index < -0.39 is 26.4 Å². The Morgan fingerprint density at radius 1 is 1.19 bits per heavy atom. The summed E-state index contributed by atoms with van der Waals surface area (Å²) >= 11 is 0. The van der Waals surface area contributed by atoms with E-state index in [1.165, 1.54) is 4.90 Å². The third-order valence-electron chi connectivity index (χ3n) is 5.11. The highest BCUT2D eigenvalue weighted by Crippen LogP contribution is 2.33. The lowest BCUT2D eigenvalue weighted by Crippen LogP contribution is -2.46. The maximum absolute atomic E-state index is 13.3. The van der Waals surface area contributed by atoms with Gasteiger partial charge >= 0.3 is 0 Å². The molecule has 1 aliphatic heterocycles. The van der Waals surface area contributed by atoms with Crippen molar-refractivity contribution in [2.24, 2.45) is 0 Å². The third-order valence-corrected chi connectivity index (χ3v) is 6.84. The van der Waals surface area contributed by atoms with Crippen molar-refractivity contribution in [2.45, 2.75) is 17.1 Å². The summed E-state index contributed by atoms with van der Waals surface area (Å²) in [5.41, 5.74) is -0.116. The van der Waals surface area contributed by atoms with Gasteiger partial charge < -0.3 is 20.6 Å². The maximum atomic E-state index is 13.3. The molecule has 3 N–H and O–H groups in total. The highest BCUT2D eigenvalue weighted by molar-refractivity contribution is 7.90. The van der Waals surface area contributed by atoms with Crippen molar-refractivity contribution in [3.8, 4) is 0 Å². The molecule has 1 saturated heterocycles. The molecule has 0 bridgehead atoms. The van der Waals surface area contributed by atoms with E-state index in [1.54, 1.807) is 30.3 Å². The van der Waals surface area contributed by atoms with E-state index in [9.17, 15) is 23.3 Å². The van der Waals surface area contributed by atoms with E-state index in [1.807, 2.05) is 0 Å². The molecule has 0 aliphatic carbocycles. The molecule has 0 radical (unpaired) electrons. The SMILES string of the molecule is O=C(c1cc(S(=O)(=O)Cc2ccccc2)c(NCCCO)cc1[N+](=O)[O-])N1CCNCC1. The van der Waals surface area contributed by atoms with Gasteiger partial charge in [-0.2, -0.15) is 0 Å². The van der Waals surface area contributed by atoms with Crippen molar-refractivity contribution in [1.82, 2.24) is 10.2 Å². The molecular weight excluding hydrogens is 436 g/mol. The van der Waals surface area contributed by atoms with Crippen molar-refractivity contribution in [3.05, 3.63) is 63.7 Å². The molecule has 2 aromatic rings. The summed E-state index contributed by atoms with van der Waals surface area (Å²) in [6.45, 7) is 1.95. The second-order valence-corrected chi connectivity index (χ2v) is 9.37. The molecule has 0 saturated carbocycles. The number of sulfone groups is 1. The van der Waals surface area contributed by atoms with Crippen molar-refractivity contribution in [2.75, 3.05) is 44.6 Å². The molecule has 10 nitrogen and oxygen atoms in total. The number of nitro benzene ring substituents is 1. The second kappa shape index (κ2) is 10.5. The zero-order chi connectivity index (χ0) is 23.1. The number of rotatable bonds is 9. The first-order valence-electron chi connectivity index (χ1n) is 10.3. The highest BCUT2D eigenvalue weighted by atomic mass is 32.2. The summed E-state index contributed by atoms with van der Waals surface area (Å²) in [4.78, 5) is 25.4. The first-order valence-corrected chi connectivity index (χ1v) is 11.9. The number of piperazine rings is 1. The van der Waals surface area contributed by atoms with Crippen LogP contribution in [0.25, 0.3) is 0 Å². The summed E-state index contributed by atoms with van der Waals surface area (Å²) in [5.74, 6) is -0.891. The maximum Gasteiger partial charge on any atom is 0.284 e. The van der Waals surface area contributed by atoms with Crippen LogP contribution in [0.2, 0.25) is 0 Å². The number of anilines is 1. The zero-order valence-electron chi connectivity index (χ0n) is 17.5. The number of aliphatic hydroxyl groups excluding tert-OH is 1. The summed E-state index contributed by atoms with van der Waals surface area (Å²) in [6, 6.07) is 10.8. The Morgan fingerprint density at radius 3 is 2.50 bits per heavy atom. The quantitative estimate of drug-likeness (QED) is 0.288. The van der Waals surface area contributed by atoms with Gasteiger partial charge in [-0.1, -0.05) is 30.3 Å². The van der Waals surface area contributed by atoms with Gasteiger partial charge in [0.1, 0.15) is 5.56 Å². The summed E-state index contributed by atoms with van der Waals surface area (Å²) in [6.07, 6.45) is 0.327. The van der Waals surface area contributed by atoms with Crippen LogP contribution < -0.4 is 10.6 Å². The predicted octanol–water partition coefficient (Wildman–Crippen LogP) is 1.41. The zero-order valence-corrected chi connectivity index (χ0v) is 18.3. The van der Waals surface area contributed by atoms with Crippen LogP contribution in [0, 0.1) is 10.1 Å². The fourth-order valence-electron chi connectivity index (χ4n) is 3.50. The molecule has 1 amide bonds. The number of nitrogens with zero attached hydrogens (tertiary/aromatic N) is 2. The Labute approximate surface area is 186 Å². The molecule has 32 heavy (non-hydrogen) atoms. The summed E-state index contributed by atoms with van der Waals surface area (Å²) in [7, 11) is -3.94. The average molecular weight is 463 g/mol. The minimum absolute atomic E-state index is 0.0398. The molecule has 1 aliphatic rings. The van der Waals surface area contributed by atoms with Gasteiger partial charge in [-0.15, -0.1) is 0 Å². The van der Waals surface area contributed by atoms with E-state index in [-0.39, 0.29) is 35.1 Å². The van der Waals surface area contributed by atoms with Crippen LogP contribution in [0.15, 0.2) is 47.4 Å². The first kappa shape index (κ1) is 23.6. The smallest absolute Gasteiger partial charge is 0.284 e. The normalized spacial score (nSPS) is 14.2. The second-order valence-electron chi connectivity index (χ2n) is 7.41. The van der Waals surface area contributed by atoms with Gasteiger partial charge in [-0.25, -0.2) is 8.42 Å². The molecule has 1 fully saturated rings. The lowest BCUT2D eigenvalue weighted by Gasteiger charge is -2.27. The highest BCUT2D eigenvalue weighted by Gasteiger charge is 2.31. The number of carbonyl (C=O) groups excluding carboxylic acids is 1. The Hall–Kier alpha value is -3.02. The molecule has 2 aromatic carbocycles. The number of amides is 1. The van der Waals surface area contributed by atoms with E-state index in [0.717, 1.165) is 12.1 Å². The molecule has 1 heterocycles. The van der Waals surface area contributed by atoms with Crippen LogP contribution in [0.4, 0.5) is 11.4 Å². The van der Waals surface area contributed by atoms with Gasteiger partial charge in [0.15, 0.2) is 9.84 Å². The van der Waals surface area contributed by atoms with Crippen LogP contribution >= 0.6 is 0 Å². The summed E-state index contributed by atoms with van der Waals surface area (Å²) in [5, 5.41) is 26.8. The van der Waals surface area contributed by atoms with Crippen LogP contribution in [-0.2, 0) is 15.6 Å². The van der Waals surface area contributed by atoms with Crippen molar-refractivity contribution < 1.29 is 23.2 Å². The molecule has 0 spiro atoms. The molecule has 0 atom stereocenters. The van der Waals surface area contributed by atoms with E-state index >= 15 is 0 Å². The first-order chi connectivity index (χ1) is 15.3. The van der Waals surface area contributed by atoms with Gasteiger partial charge in [0.25, 0.3) is 11.6 Å². The fraction of sp³-hybridized carbons (Fsp3) is 0.381. The van der Waals surface area contributed by atoms with Crippen LogP contribution in [0.3, 0.4) is 0 Å². The van der Waals surface area contributed by atoms with Gasteiger partial charge in [0.05, 0.1) is 21.3 Å². The number of carbonyl (C=O) groups is 1. The van der Waals surface area contributed by atoms with Gasteiger partial charge in [0, 0.05) is 45.4 Å². The molecule has 172 valence electrons. The Balaban J connectivity index is 2.09. The van der Waals surface area contributed by atoms with Gasteiger partial charge in [-0.3, -0.25) is 14.9 Å². The number of aliphatic hydroxyl groups is 1. The predicted molar refractivity (Wildman–Crippen MR) is 119 cm³/mol. The van der Waals surface area contributed by atoms with Crippen molar-refractivity contribution in [1.29, 1.82) is 0 Å². The van der Waals surface area contributed by atoms with Crippen molar-refractivity contribution in [3.63, 3.8) is 0 Å². The molecule has 0 aromatic heterocycles. The molecule has 0 unspecified atom stereocenters. The molecule has 11 heteroatoms. The minimum atomic E-state index is -3.94. The lowest BCUT2D eigenvalue weighted by atomic mass is 10.1. The topological polar surface area (TPSA) is 142 Å². The fourth-order valence-corrected chi connectivity index (χ4v) is 5.05. The molecule has 3 rings (SSSR count). The number of benzene rings is 2. The number of nitro groups is 1. The standard InChI is InChI=1S/C21H26N4O6S/c26-12-4-7-23-18-14-19(25(28)29)17(21(27)24-10-8-22-9-11-24)13-20(18)32(30,31)15-16-5-2-1-3-6-16/h1-3,5-6,13-14,22-23,26H,4,7-12,15H2. The van der Waals surface area contributed by atoms with E-state index in [4.69, 9.17) is 5.11 Å². The average Bonchev–Trinajstić information content (AvgIpc) is 2.79. The van der Waals surface area contributed by atoms with Crippen LogP contribution in [0.5, 0.6) is 0 Å².